The van der Waals surface area contributed by atoms with E-state index in [9.17, 15) is 10.0 Å². The second-order valence-electron chi connectivity index (χ2n) is 3.38. The van der Waals surface area contributed by atoms with Crippen LogP contribution in [-0.2, 0) is 32.5 Å². The van der Waals surface area contributed by atoms with Crippen LogP contribution in [0.3, 0.4) is 0 Å². The van der Waals surface area contributed by atoms with Gasteiger partial charge in [0.25, 0.3) is 0 Å². The Bertz CT molecular complexity index is 240. The van der Waals surface area contributed by atoms with Crippen LogP contribution < -0.4 is 0 Å². The molecule has 1 aliphatic rings. The molecule has 0 aliphatic carbocycles. The van der Waals surface area contributed by atoms with E-state index in [0.29, 0.717) is 0 Å². The van der Waals surface area contributed by atoms with Gasteiger partial charge in [-0.1, -0.05) is 0 Å². The summed E-state index contributed by atoms with van der Waals surface area (Å²) in [5, 5.41) is 11.4. The van der Waals surface area contributed by atoms with Crippen LogP contribution in [0, 0.1) is 5.21 Å². The van der Waals surface area contributed by atoms with Crippen LogP contribution in [0.2, 0.25) is 3.93 Å². The molecule has 0 fully saturated rings. The van der Waals surface area contributed by atoms with Crippen molar-refractivity contribution in [2.24, 2.45) is 0 Å². The summed E-state index contributed by atoms with van der Waals surface area (Å²) in [7, 11) is 0. The van der Waals surface area contributed by atoms with Gasteiger partial charge < -0.3 is 0 Å². The molecule has 0 aromatic carbocycles. The normalized spacial score (nSPS) is 21.5. The summed E-state index contributed by atoms with van der Waals surface area (Å²) in [5.74, 6) is -0.183. The Morgan fingerprint density at radius 1 is 1.85 bits per heavy atom. The zero-order chi connectivity index (χ0) is 9.84. The van der Waals surface area contributed by atoms with E-state index in [0.717, 1.165) is 27.2 Å². The Hall–Kier alpha value is -0.125. The molecule has 13 heavy (non-hydrogen) atoms. The van der Waals surface area contributed by atoms with Crippen molar-refractivity contribution < 1.29 is 37.2 Å². The van der Waals surface area contributed by atoms with Crippen molar-refractivity contribution in [3.05, 3.63) is 5.21 Å². The van der Waals surface area contributed by atoms with E-state index in [1.165, 1.54) is 6.92 Å². The van der Waals surface area contributed by atoms with Gasteiger partial charge in [0.05, 0.1) is 0 Å². The first kappa shape index (κ1) is 11.0. The Morgan fingerprint density at radius 2 is 2.54 bits per heavy atom. The predicted octanol–water partition coefficient (Wildman–Crippen LogP) is 1.10. The van der Waals surface area contributed by atoms with E-state index in [1.807, 2.05) is 6.92 Å². The van der Waals surface area contributed by atoms with E-state index < -0.39 is 25.0 Å². The summed E-state index contributed by atoms with van der Waals surface area (Å²) in [6.45, 7) is 3.30. The third kappa shape index (κ3) is 3.25. The predicted molar refractivity (Wildman–Crippen MR) is 43.9 cm³/mol. The summed E-state index contributed by atoms with van der Waals surface area (Å²) in [6, 6.07) is 0.112. The van der Waals surface area contributed by atoms with Gasteiger partial charge in [0.15, 0.2) is 0 Å². The van der Waals surface area contributed by atoms with Gasteiger partial charge in [0.1, 0.15) is 0 Å². The molecule has 1 unspecified atom stereocenters. The second-order valence-corrected chi connectivity index (χ2v) is 8.34. The molecule has 0 bridgehead atoms. The maximum atomic E-state index is 11.4. The molecular weight excluding hydrogens is 359 g/mol. The third-order valence-electron chi connectivity index (χ3n) is 2.30. The van der Waals surface area contributed by atoms with Crippen molar-refractivity contribution >= 4 is 11.7 Å². The minimum atomic E-state index is -1.53. The van der Waals surface area contributed by atoms with Crippen molar-refractivity contribution in [3.63, 3.8) is 0 Å². The molecule has 0 spiro atoms. The molecule has 0 N–H and O–H groups in total. The number of nitrogens with zero attached hydrogens (tertiary/aromatic N) is 1. The van der Waals surface area contributed by atoms with Crippen molar-refractivity contribution in [1.82, 2.24) is 0 Å². The average Bonchev–Trinajstić information content (AvgIpc) is 2.35. The van der Waals surface area contributed by atoms with Crippen LogP contribution >= 0.6 is 0 Å². The number of carbonyl (C=O) groups excluding carboxylic acids is 1. The van der Waals surface area contributed by atoms with Crippen molar-refractivity contribution in [2.45, 2.75) is 36.7 Å². The molecule has 70 valence electrons. The average molecular weight is 372 g/mol. The minimum absolute atomic E-state index is 0.112. The molecule has 0 saturated heterocycles. The first-order valence-corrected chi connectivity index (χ1v) is 10.7. The van der Waals surface area contributed by atoms with Crippen LogP contribution in [0.25, 0.3) is 0 Å². The number of hydrogen-bond acceptors (Lipinski definition) is 3. The van der Waals surface area contributed by atoms with Crippen molar-refractivity contribution in [2.75, 3.05) is 0 Å². The van der Waals surface area contributed by atoms with Crippen LogP contribution in [-0.4, -0.2) is 22.5 Å². The maximum absolute atomic E-state index is 11.4. The van der Waals surface area contributed by atoms with E-state index >= 15 is 0 Å². The van der Waals surface area contributed by atoms with Gasteiger partial charge in [0, 0.05) is 0 Å². The van der Waals surface area contributed by atoms with Gasteiger partial charge in [-0.25, -0.2) is 0 Å². The molecule has 0 saturated carbocycles. The fourth-order valence-corrected chi connectivity index (χ4v) is 6.18. The van der Waals surface area contributed by atoms with Gasteiger partial charge in [-0.15, -0.1) is 0 Å². The molecule has 0 aromatic heterocycles. The van der Waals surface area contributed by atoms with Gasteiger partial charge in [-0.05, 0) is 0 Å². The number of rotatable bonds is 3. The molecule has 1 aliphatic heterocycles. The monoisotopic (exact) mass is 373 g/mol. The number of carbonyl (C=O) groups is 1. The van der Waals surface area contributed by atoms with Gasteiger partial charge >= 0.3 is 90.8 Å². The Balaban J connectivity index is 2.27. The van der Waals surface area contributed by atoms with Crippen LogP contribution in [0.1, 0.15) is 26.7 Å². The molecule has 0 aromatic rings. The van der Waals surface area contributed by atoms with Crippen LogP contribution in [0.4, 0.5) is 0 Å². The summed E-state index contributed by atoms with van der Waals surface area (Å²) in [4.78, 5) is 10.5. The van der Waals surface area contributed by atoms with Crippen LogP contribution in [0.15, 0.2) is 0 Å². The van der Waals surface area contributed by atoms with E-state index in [4.69, 9.17) is 2.64 Å². The summed E-state index contributed by atoms with van der Waals surface area (Å²) in [5.41, 5.74) is 0.918. The molecule has 1 rings (SSSR count). The first-order chi connectivity index (χ1) is 6.11. The third-order valence-corrected chi connectivity index (χ3v) is 8.18. The summed E-state index contributed by atoms with van der Waals surface area (Å²) < 4.78 is 6.96. The zero-order valence-electron chi connectivity index (χ0n) is 8.08. The Labute approximate surface area is 90.6 Å². The molecule has 0 amide bonds. The Kier molecular flexibility index (Phi) is 4.16. The first-order valence-electron chi connectivity index (χ1n) is 4.53. The topological polar surface area (TPSA) is 52.4 Å². The summed E-state index contributed by atoms with van der Waals surface area (Å²) >= 11 is -1.53. The molecule has 0 radical (unpaired) electrons. The van der Waals surface area contributed by atoms with E-state index in [-0.39, 0.29) is 12.0 Å². The molecule has 1 heterocycles. The van der Waals surface area contributed by atoms with Gasteiger partial charge in [0.2, 0.25) is 0 Å². The zero-order valence-corrected chi connectivity index (χ0v) is 13.6. The second kappa shape index (κ2) is 4.93. The number of hydroxylamine groups is 1. The molecular formula is C8H13HgNO3. The van der Waals surface area contributed by atoms with Crippen molar-refractivity contribution in [3.8, 4) is 0 Å². The molecule has 4 nitrogen and oxygen atoms in total. The Morgan fingerprint density at radius 3 is 3.00 bits per heavy atom. The fourth-order valence-electron chi connectivity index (χ4n) is 1.51. The van der Waals surface area contributed by atoms with Crippen LogP contribution in [0.5, 0.6) is 0 Å². The fraction of sp³-hybridized carbons (Fsp3) is 0.750. The van der Waals surface area contributed by atoms with Crippen molar-refractivity contribution in [1.29, 1.82) is 0 Å². The molecule has 1 atom stereocenters. The quantitative estimate of drug-likeness (QED) is 0.424. The number of hydrogen-bond donors (Lipinski definition) is 0. The molecule has 5 heteroatoms. The van der Waals surface area contributed by atoms with Gasteiger partial charge in [-0.2, -0.15) is 0 Å². The van der Waals surface area contributed by atoms with Gasteiger partial charge in [-0.3, -0.25) is 0 Å². The standard InChI is InChI=1S/C6H10NO.C2H4O2.Hg/c1-5-3-4-6(2)7(5)8;1-2(3)4;/h5H,1,3-4H2,2H3;1H3,(H,3,4);/q;;+1/p-1. The van der Waals surface area contributed by atoms with E-state index in [1.54, 1.807) is 0 Å². The summed E-state index contributed by atoms with van der Waals surface area (Å²) in [6.07, 6.45) is 1.85. The van der Waals surface area contributed by atoms with E-state index in [2.05, 4.69) is 0 Å². The SMILES string of the molecule is CC(=O)[O][Hg][CH2]C1CCC(C)=[N+]1[O-].